The molecule has 0 fully saturated rings. The predicted octanol–water partition coefficient (Wildman–Crippen LogP) is -0.285. The molecule has 0 saturated carbocycles. The molecule has 0 amide bonds. The van der Waals surface area contributed by atoms with Crippen LogP contribution in [-0.2, 0) is 14.8 Å². The van der Waals surface area contributed by atoms with E-state index in [2.05, 4.69) is 10.5 Å². The number of fused-ring (bicyclic) bond motifs is 1. The lowest BCUT2D eigenvalue weighted by Gasteiger charge is -2.17. The van der Waals surface area contributed by atoms with Crippen LogP contribution in [0.25, 0.3) is 10.8 Å². The minimum absolute atomic E-state index is 0.239. The van der Waals surface area contributed by atoms with Crippen molar-refractivity contribution in [2.75, 3.05) is 25.5 Å². The number of rotatable bonds is 9. The summed E-state index contributed by atoms with van der Waals surface area (Å²) in [4.78, 5) is 12.8. The fraction of sp³-hybridized carbons (Fsp3) is 0.389. The molecular weight excluding hydrogens is 354 g/mol. The molecule has 2 aromatic carbocycles. The summed E-state index contributed by atoms with van der Waals surface area (Å²) in [5.74, 6) is -1.18. The van der Waals surface area contributed by atoms with Crippen LogP contribution in [0.2, 0.25) is 0 Å². The van der Waals surface area contributed by atoms with Gasteiger partial charge in [-0.15, -0.1) is 0 Å². The lowest BCUT2D eigenvalue weighted by atomic mass is 10.1. The van der Waals surface area contributed by atoms with Gasteiger partial charge in [0.05, 0.1) is 10.9 Å². The van der Waals surface area contributed by atoms with E-state index in [9.17, 15) is 18.3 Å². The van der Waals surface area contributed by atoms with Crippen molar-refractivity contribution in [3.05, 3.63) is 36.4 Å². The predicted molar refractivity (Wildman–Crippen MR) is 99.0 cm³/mol. The number of carbonyl (C=O) groups is 1. The lowest BCUT2D eigenvalue weighted by Crippen LogP contribution is -2.68. The van der Waals surface area contributed by atoms with E-state index >= 15 is 0 Å². The Morgan fingerprint density at radius 3 is 2.46 bits per heavy atom. The molecule has 0 saturated heterocycles. The molecule has 4 N–H and O–H groups in total. The van der Waals surface area contributed by atoms with Crippen LogP contribution in [0, 0.1) is 0 Å². The molecule has 0 aliphatic heterocycles. The van der Waals surface area contributed by atoms with E-state index < -0.39 is 22.0 Å². The summed E-state index contributed by atoms with van der Waals surface area (Å²) in [6, 6.07) is 10.0. The molecule has 0 aromatic heterocycles. The topological polar surface area (TPSA) is 117 Å². The van der Waals surface area contributed by atoms with Crippen molar-refractivity contribution in [3.8, 4) is 0 Å². The summed E-state index contributed by atoms with van der Waals surface area (Å²) >= 11 is 0. The standard InChI is InChI=1S/C18H25N3O4S/c1-21(2)16-10-5-8-14-13(16)7-6-11-17(14)26(24,25)20-12-4-3-9-15(19)18(22)23/h5-8,10-11,15,20H,3-4,9,12,19H2,1-2H3,(H,22,23)/t15-/m0/s1. The highest BCUT2D eigenvalue weighted by Gasteiger charge is 2.18. The number of carbonyl (C=O) groups excluding carboxylic acids is 1. The number of aliphatic carboxylic acids is 1. The first-order valence-corrected chi connectivity index (χ1v) is 9.95. The largest absolute Gasteiger partial charge is 0.544 e. The van der Waals surface area contributed by atoms with Crippen molar-refractivity contribution >= 4 is 32.5 Å². The highest BCUT2D eigenvalue weighted by atomic mass is 32.2. The fourth-order valence-electron chi connectivity index (χ4n) is 2.81. The second kappa shape index (κ2) is 8.48. The van der Waals surface area contributed by atoms with E-state index in [0.29, 0.717) is 24.6 Å². The molecule has 26 heavy (non-hydrogen) atoms. The third kappa shape index (κ3) is 4.72. The minimum atomic E-state index is -3.66. The van der Waals surface area contributed by atoms with Crippen molar-refractivity contribution < 1.29 is 24.1 Å². The Labute approximate surface area is 153 Å². The number of nitrogens with one attached hydrogen (secondary N) is 1. The second-order valence-electron chi connectivity index (χ2n) is 6.43. The van der Waals surface area contributed by atoms with Gasteiger partial charge in [0.2, 0.25) is 10.0 Å². The van der Waals surface area contributed by atoms with Crippen LogP contribution in [0.3, 0.4) is 0 Å². The normalized spacial score (nSPS) is 12.9. The third-order valence-corrected chi connectivity index (χ3v) is 5.75. The number of sulfonamides is 1. The van der Waals surface area contributed by atoms with Crippen molar-refractivity contribution in [1.82, 2.24) is 4.72 Å². The first-order valence-electron chi connectivity index (χ1n) is 8.46. The summed E-state index contributed by atoms with van der Waals surface area (Å²) in [6.45, 7) is 0.242. The average Bonchev–Trinajstić information content (AvgIpc) is 2.59. The van der Waals surface area contributed by atoms with E-state index in [4.69, 9.17) is 0 Å². The number of carboxylic acids is 1. The molecule has 0 bridgehead atoms. The molecule has 2 aromatic rings. The third-order valence-electron chi connectivity index (χ3n) is 4.24. The summed E-state index contributed by atoms with van der Waals surface area (Å²) in [6.07, 6.45) is 1.46. The Kier molecular flexibility index (Phi) is 6.57. The Morgan fingerprint density at radius 2 is 1.81 bits per heavy atom. The zero-order valence-corrected chi connectivity index (χ0v) is 15.9. The Hall–Kier alpha value is -2.16. The summed E-state index contributed by atoms with van der Waals surface area (Å²) < 4.78 is 28.0. The smallest absolute Gasteiger partial charge is 0.241 e. The van der Waals surface area contributed by atoms with E-state index in [1.54, 1.807) is 18.2 Å². The number of unbranched alkanes of at least 4 members (excludes halogenated alkanes) is 1. The van der Waals surface area contributed by atoms with Gasteiger partial charge in [-0.05, 0) is 25.0 Å². The number of quaternary nitrogens is 1. The fourth-order valence-corrected chi connectivity index (χ4v) is 4.10. The van der Waals surface area contributed by atoms with Gasteiger partial charge in [0.1, 0.15) is 6.04 Å². The second-order valence-corrected chi connectivity index (χ2v) is 8.17. The van der Waals surface area contributed by atoms with Gasteiger partial charge < -0.3 is 20.5 Å². The SMILES string of the molecule is CN(C)c1cccc2c(S(=O)(=O)NCCCC[C@H]([NH3+])C(=O)[O-])cccc12. The van der Waals surface area contributed by atoms with Crippen LogP contribution < -0.4 is 20.5 Å². The number of hydrogen-bond acceptors (Lipinski definition) is 5. The molecule has 0 aliphatic rings. The van der Waals surface area contributed by atoms with Crippen molar-refractivity contribution in [2.24, 2.45) is 0 Å². The first kappa shape index (κ1) is 20.2. The molecule has 2 rings (SSSR count). The van der Waals surface area contributed by atoms with Gasteiger partial charge in [0.15, 0.2) is 0 Å². The van der Waals surface area contributed by atoms with Gasteiger partial charge >= 0.3 is 0 Å². The lowest BCUT2D eigenvalue weighted by molar-refractivity contribution is -0.438. The Balaban J connectivity index is 2.12. The molecule has 8 heteroatoms. The van der Waals surface area contributed by atoms with Gasteiger partial charge in [0, 0.05) is 43.5 Å². The number of carboxylic acid groups (broad SMARTS) is 1. The van der Waals surface area contributed by atoms with Gasteiger partial charge in [-0.1, -0.05) is 24.3 Å². The molecule has 142 valence electrons. The monoisotopic (exact) mass is 379 g/mol. The molecule has 0 spiro atoms. The molecule has 0 aliphatic carbocycles. The average molecular weight is 379 g/mol. The van der Waals surface area contributed by atoms with Crippen LogP contribution in [0.1, 0.15) is 19.3 Å². The molecular formula is C18H25N3O4S. The van der Waals surface area contributed by atoms with Gasteiger partial charge in [-0.25, -0.2) is 13.1 Å². The summed E-state index contributed by atoms with van der Waals surface area (Å²) in [5.41, 5.74) is 4.43. The number of benzene rings is 2. The highest BCUT2D eigenvalue weighted by molar-refractivity contribution is 7.89. The van der Waals surface area contributed by atoms with Crippen LogP contribution >= 0.6 is 0 Å². The van der Waals surface area contributed by atoms with Crippen LogP contribution in [0.5, 0.6) is 0 Å². The number of anilines is 1. The van der Waals surface area contributed by atoms with Crippen molar-refractivity contribution in [1.29, 1.82) is 0 Å². The zero-order chi connectivity index (χ0) is 19.3. The quantitative estimate of drug-likeness (QED) is 0.581. The van der Waals surface area contributed by atoms with Crippen LogP contribution in [0.4, 0.5) is 5.69 Å². The zero-order valence-electron chi connectivity index (χ0n) is 15.1. The number of nitrogens with zero attached hydrogens (tertiary/aromatic N) is 1. The van der Waals surface area contributed by atoms with Crippen molar-refractivity contribution in [2.45, 2.75) is 30.2 Å². The Morgan fingerprint density at radius 1 is 1.15 bits per heavy atom. The Bertz CT molecular complexity index is 881. The molecule has 0 unspecified atom stereocenters. The first-order chi connectivity index (χ1) is 12.2. The van der Waals surface area contributed by atoms with Gasteiger partial charge in [-0.3, -0.25) is 0 Å². The number of hydrogen-bond donors (Lipinski definition) is 2. The molecule has 0 heterocycles. The van der Waals surface area contributed by atoms with Crippen LogP contribution in [0.15, 0.2) is 41.3 Å². The highest BCUT2D eigenvalue weighted by Crippen LogP contribution is 2.30. The van der Waals surface area contributed by atoms with Gasteiger partial charge in [0.25, 0.3) is 0 Å². The minimum Gasteiger partial charge on any atom is -0.544 e. The van der Waals surface area contributed by atoms with E-state index in [0.717, 1.165) is 11.1 Å². The van der Waals surface area contributed by atoms with E-state index in [-0.39, 0.29) is 11.4 Å². The summed E-state index contributed by atoms with van der Waals surface area (Å²) in [7, 11) is 0.168. The molecule has 1 atom stereocenters. The van der Waals surface area contributed by atoms with Crippen LogP contribution in [-0.4, -0.2) is 41.1 Å². The van der Waals surface area contributed by atoms with E-state index in [1.165, 1.54) is 0 Å². The summed E-state index contributed by atoms with van der Waals surface area (Å²) in [5, 5.41) is 12.2. The maximum atomic E-state index is 12.7. The molecule has 0 radical (unpaired) electrons. The maximum Gasteiger partial charge on any atom is 0.241 e. The maximum absolute atomic E-state index is 12.7. The van der Waals surface area contributed by atoms with Crippen molar-refractivity contribution in [3.63, 3.8) is 0 Å². The molecule has 7 nitrogen and oxygen atoms in total. The van der Waals surface area contributed by atoms with Gasteiger partial charge in [-0.2, -0.15) is 0 Å². The van der Waals surface area contributed by atoms with E-state index in [1.807, 2.05) is 37.2 Å².